The molecule has 324 valence electrons. The van der Waals surface area contributed by atoms with Crippen molar-refractivity contribution in [3.8, 4) is 86.2 Å². The van der Waals surface area contributed by atoms with Crippen LogP contribution < -0.4 is 18.9 Å². The molecule has 6 aromatic rings. The van der Waals surface area contributed by atoms with E-state index in [9.17, 15) is 71.5 Å². The van der Waals surface area contributed by atoms with Gasteiger partial charge in [-0.1, -0.05) is 12.1 Å². The van der Waals surface area contributed by atoms with Gasteiger partial charge in [-0.3, -0.25) is 0 Å². The largest absolute Gasteiger partial charge is 0.508 e. The Morgan fingerprint density at radius 1 is 0.460 bits per heavy atom. The van der Waals surface area contributed by atoms with E-state index in [1.165, 1.54) is 18.2 Å². The molecule has 14 N–H and O–H groups in total. The van der Waals surface area contributed by atoms with Crippen molar-refractivity contribution in [1.82, 2.24) is 0 Å². The van der Waals surface area contributed by atoms with E-state index in [2.05, 4.69) is 0 Å². The van der Waals surface area contributed by atoms with Gasteiger partial charge in [0.2, 0.25) is 0 Å². The molecule has 10 rings (SSSR count). The van der Waals surface area contributed by atoms with Gasteiger partial charge in [-0.15, -0.1) is 0 Å². The lowest BCUT2D eigenvalue weighted by Gasteiger charge is -2.51. The summed E-state index contributed by atoms with van der Waals surface area (Å²) in [5.74, 6) is -13.1. The van der Waals surface area contributed by atoms with Gasteiger partial charge in [0.05, 0.1) is 17.9 Å². The van der Waals surface area contributed by atoms with E-state index >= 15 is 0 Å². The number of rotatable bonds is 4. The fourth-order valence-electron chi connectivity index (χ4n) is 9.34. The quantitative estimate of drug-likeness (QED) is 0.110. The van der Waals surface area contributed by atoms with E-state index in [0.29, 0.717) is 0 Å². The zero-order chi connectivity index (χ0) is 44.5. The minimum atomic E-state index is -2.50. The first kappa shape index (κ1) is 39.3. The number of hydrogen-bond donors (Lipinski definition) is 14. The maximum absolute atomic E-state index is 12.7. The normalized spacial score (nSPS) is 25.2. The summed E-state index contributed by atoms with van der Waals surface area (Å²) in [5, 5.41) is 156. The number of phenols is 11. The maximum Gasteiger partial charge on any atom is 0.305 e. The number of aliphatic hydroxyl groups is 3. The molecule has 6 aromatic carbocycles. The Morgan fingerprint density at radius 2 is 1.02 bits per heavy atom. The van der Waals surface area contributed by atoms with Gasteiger partial charge in [0.15, 0.2) is 40.6 Å². The van der Waals surface area contributed by atoms with E-state index < -0.39 is 124 Å². The van der Waals surface area contributed by atoms with E-state index in [1.54, 1.807) is 0 Å². The highest BCUT2D eigenvalue weighted by Gasteiger charge is 2.61. The molecule has 0 aromatic heterocycles. The average Bonchev–Trinajstić information content (AvgIpc) is 3.22. The topological polar surface area (TPSA) is 320 Å². The summed E-state index contributed by atoms with van der Waals surface area (Å²) in [5.41, 5.74) is -0.901. The SMILES string of the molecule is Oc1cc(O)c2c(c1)O[C@H](c1ccc(O)c(O)c1)[C@H](O)[C@H]2c1c2c(c(O)c3c1O[C@]1(c4ccc(O)c(O)c4)Oc4cc(O)cc(O)c4[C@H]3[C@H]1O)C[C@H](O)[C@H](c1ccc(O)c(O)c1)O2. The molecule has 0 aliphatic carbocycles. The molecular weight excluding hydrogens is 828 g/mol. The van der Waals surface area contributed by atoms with Crippen molar-refractivity contribution in [2.45, 2.75) is 54.6 Å². The zero-order valence-electron chi connectivity index (χ0n) is 32.1. The van der Waals surface area contributed by atoms with Gasteiger partial charge in [-0.2, -0.15) is 0 Å². The minimum Gasteiger partial charge on any atom is -0.508 e. The van der Waals surface area contributed by atoms with Crippen molar-refractivity contribution in [2.75, 3.05) is 0 Å². The molecule has 4 aliphatic rings. The molecule has 0 saturated heterocycles. The highest BCUT2D eigenvalue weighted by molar-refractivity contribution is 5.74. The Labute approximate surface area is 354 Å². The number of aliphatic hydroxyl groups excluding tert-OH is 3. The van der Waals surface area contributed by atoms with Gasteiger partial charge in [0.1, 0.15) is 70.1 Å². The van der Waals surface area contributed by atoms with E-state index in [4.69, 9.17) is 18.9 Å². The number of benzene rings is 6. The third-order valence-corrected chi connectivity index (χ3v) is 12.2. The fraction of sp³-hybridized carbons (Fsp3) is 0.200. The second kappa shape index (κ2) is 13.6. The highest BCUT2D eigenvalue weighted by atomic mass is 16.7. The number of phenolic OH excluding ortho intramolecular Hbond substituents is 11. The molecule has 0 amide bonds. The Kier molecular flexibility index (Phi) is 8.49. The summed E-state index contributed by atoms with van der Waals surface area (Å²) in [6.45, 7) is 0. The van der Waals surface area contributed by atoms with Crippen LogP contribution in [0.2, 0.25) is 0 Å². The van der Waals surface area contributed by atoms with Gasteiger partial charge in [0, 0.05) is 64.1 Å². The Morgan fingerprint density at radius 3 is 1.62 bits per heavy atom. The lowest BCUT2D eigenvalue weighted by molar-refractivity contribution is -0.219. The van der Waals surface area contributed by atoms with Crippen LogP contribution in [0.4, 0.5) is 0 Å². The molecule has 63 heavy (non-hydrogen) atoms. The van der Waals surface area contributed by atoms with Crippen molar-refractivity contribution in [1.29, 1.82) is 0 Å². The summed E-state index contributed by atoms with van der Waals surface area (Å²) in [6.07, 6.45) is -8.60. The number of hydrogen-bond acceptors (Lipinski definition) is 18. The smallest absolute Gasteiger partial charge is 0.305 e. The third-order valence-electron chi connectivity index (χ3n) is 12.2. The van der Waals surface area contributed by atoms with Crippen LogP contribution in [-0.4, -0.2) is 89.8 Å². The summed E-state index contributed by atoms with van der Waals surface area (Å²) in [6, 6.07) is 14.8. The first-order chi connectivity index (χ1) is 30.0. The van der Waals surface area contributed by atoms with Gasteiger partial charge >= 0.3 is 5.79 Å². The number of ether oxygens (including phenoxy) is 4. The first-order valence-corrected chi connectivity index (χ1v) is 19.3. The molecule has 0 radical (unpaired) electrons. The van der Waals surface area contributed by atoms with Crippen molar-refractivity contribution >= 4 is 0 Å². The van der Waals surface area contributed by atoms with Gasteiger partial charge in [-0.25, -0.2) is 0 Å². The minimum absolute atomic E-state index is 0.0813. The van der Waals surface area contributed by atoms with Gasteiger partial charge in [0.25, 0.3) is 0 Å². The Balaban J connectivity index is 1.32. The fourth-order valence-corrected chi connectivity index (χ4v) is 9.34. The van der Waals surface area contributed by atoms with Crippen molar-refractivity contribution in [3.05, 3.63) is 123 Å². The van der Waals surface area contributed by atoms with E-state index in [-0.39, 0.29) is 61.8 Å². The molecule has 18 nitrogen and oxygen atoms in total. The summed E-state index contributed by atoms with van der Waals surface area (Å²) in [4.78, 5) is 0. The van der Waals surface area contributed by atoms with E-state index in [1.807, 2.05) is 0 Å². The molecule has 4 aliphatic heterocycles. The van der Waals surface area contributed by atoms with Gasteiger partial charge < -0.3 is 90.4 Å². The standard InChI is InChI=1S/C45H36O18/c46-18-10-27(54)32-30(12-18)60-41(16-2-5-22(49)25(52)8-16)39(58)34(32)37-42-20(14-29(56)40(61-42)15-1-4-21(48)24(51)7-15)38(57)36-35-33-28(55)11-19(47)13-31(33)62-45(44(35)59,63-43(36)37)17-3-6-23(50)26(53)9-17/h1-13,29,34-35,39-41,44,46-59H,14H2/t29-,34+,35+,39+,40-,41+,44+,45-/m0/s1. The predicted molar refractivity (Wildman–Crippen MR) is 212 cm³/mol. The molecule has 18 heteroatoms. The predicted octanol–water partition coefficient (Wildman–Crippen LogP) is 4.24. The van der Waals surface area contributed by atoms with Gasteiger partial charge in [-0.05, 0) is 53.6 Å². The second-order valence-electron chi connectivity index (χ2n) is 15.9. The van der Waals surface area contributed by atoms with Crippen LogP contribution in [0.15, 0.2) is 78.9 Å². The molecular formula is C45H36O18. The van der Waals surface area contributed by atoms with Crippen LogP contribution >= 0.6 is 0 Å². The first-order valence-electron chi connectivity index (χ1n) is 19.3. The van der Waals surface area contributed by atoms with Crippen LogP contribution in [0, 0.1) is 0 Å². The molecule has 2 bridgehead atoms. The molecule has 4 heterocycles. The zero-order valence-corrected chi connectivity index (χ0v) is 32.1. The average molecular weight is 865 g/mol. The third kappa shape index (κ3) is 5.68. The van der Waals surface area contributed by atoms with Crippen LogP contribution in [0.5, 0.6) is 86.2 Å². The molecule has 0 saturated carbocycles. The number of aromatic hydroxyl groups is 11. The monoisotopic (exact) mass is 864 g/mol. The van der Waals surface area contributed by atoms with Crippen LogP contribution in [0.1, 0.15) is 68.6 Å². The van der Waals surface area contributed by atoms with Crippen molar-refractivity contribution < 1.29 is 90.4 Å². The number of fused-ring (bicyclic) bond motifs is 8. The lowest BCUT2D eigenvalue weighted by atomic mass is 9.70. The van der Waals surface area contributed by atoms with Crippen LogP contribution in [-0.2, 0) is 12.2 Å². The van der Waals surface area contributed by atoms with Crippen molar-refractivity contribution in [2.24, 2.45) is 0 Å². The highest BCUT2D eigenvalue weighted by Crippen LogP contribution is 2.66. The molecule has 0 spiro atoms. The lowest BCUT2D eigenvalue weighted by Crippen LogP contribution is -2.58. The Hall–Kier alpha value is -7.80. The maximum atomic E-state index is 12.7. The summed E-state index contributed by atoms with van der Waals surface area (Å²) in [7, 11) is 0. The second-order valence-corrected chi connectivity index (χ2v) is 15.9. The molecule has 0 fully saturated rings. The van der Waals surface area contributed by atoms with E-state index in [0.717, 1.165) is 60.7 Å². The van der Waals surface area contributed by atoms with Crippen LogP contribution in [0.3, 0.4) is 0 Å². The van der Waals surface area contributed by atoms with Crippen LogP contribution in [0.25, 0.3) is 0 Å². The Bertz CT molecular complexity index is 2910. The summed E-state index contributed by atoms with van der Waals surface area (Å²) < 4.78 is 26.0. The molecule has 8 atom stereocenters. The summed E-state index contributed by atoms with van der Waals surface area (Å²) >= 11 is 0. The van der Waals surface area contributed by atoms with Crippen molar-refractivity contribution in [3.63, 3.8) is 0 Å². The molecule has 0 unspecified atom stereocenters.